The molecule has 2 rings (SSSR count). The number of hydrogen-bond acceptors (Lipinski definition) is 5. The van der Waals surface area contributed by atoms with Crippen LogP contribution >= 0.6 is 11.3 Å². The predicted molar refractivity (Wildman–Crippen MR) is 67.9 cm³/mol. The standard InChI is InChI=1S/C12H12N4S/c1-8-3-10(5-13)4-12(16-8)15-7-11-6-14-9(2)17-11/h3-4,6H,7H2,1-2H3,(H,15,16). The number of rotatable bonds is 3. The lowest BCUT2D eigenvalue weighted by Crippen LogP contribution is -2.01. The lowest BCUT2D eigenvalue weighted by molar-refractivity contribution is 1.10. The summed E-state index contributed by atoms with van der Waals surface area (Å²) in [5.41, 5.74) is 1.47. The summed E-state index contributed by atoms with van der Waals surface area (Å²) in [6, 6.07) is 5.64. The summed E-state index contributed by atoms with van der Waals surface area (Å²) < 4.78 is 0. The number of anilines is 1. The van der Waals surface area contributed by atoms with Crippen LogP contribution in [0.5, 0.6) is 0 Å². The molecule has 0 aliphatic carbocycles. The van der Waals surface area contributed by atoms with Crippen LogP contribution in [0.15, 0.2) is 18.3 Å². The Balaban J connectivity index is 2.09. The molecule has 17 heavy (non-hydrogen) atoms. The Kier molecular flexibility index (Phi) is 3.35. The van der Waals surface area contributed by atoms with Crippen molar-refractivity contribution in [2.45, 2.75) is 20.4 Å². The Morgan fingerprint density at radius 1 is 1.41 bits per heavy atom. The smallest absolute Gasteiger partial charge is 0.127 e. The molecular formula is C12H12N4S. The van der Waals surface area contributed by atoms with Crippen LogP contribution in [-0.2, 0) is 6.54 Å². The maximum absolute atomic E-state index is 8.86. The van der Waals surface area contributed by atoms with Gasteiger partial charge in [-0.3, -0.25) is 0 Å². The molecular weight excluding hydrogens is 232 g/mol. The zero-order valence-corrected chi connectivity index (χ0v) is 10.5. The summed E-state index contributed by atoms with van der Waals surface area (Å²) in [5, 5.41) is 13.1. The van der Waals surface area contributed by atoms with Gasteiger partial charge in [-0.25, -0.2) is 9.97 Å². The highest BCUT2D eigenvalue weighted by Crippen LogP contribution is 2.14. The van der Waals surface area contributed by atoms with Crippen LogP contribution < -0.4 is 5.32 Å². The third kappa shape index (κ3) is 3.02. The summed E-state index contributed by atoms with van der Waals surface area (Å²) in [5.74, 6) is 0.729. The largest absolute Gasteiger partial charge is 0.365 e. The molecule has 4 nitrogen and oxygen atoms in total. The first-order valence-corrected chi connectivity index (χ1v) is 6.03. The van der Waals surface area contributed by atoms with Crippen molar-refractivity contribution in [3.8, 4) is 6.07 Å². The molecule has 86 valence electrons. The molecule has 2 aromatic rings. The molecule has 2 aromatic heterocycles. The second-order valence-corrected chi connectivity index (χ2v) is 5.01. The molecule has 0 saturated carbocycles. The molecule has 5 heteroatoms. The van der Waals surface area contributed by atoms with Gasteiger partial charge in [0.1, 0.15) is 5.82 Å². The third-order valence-corrected chi connectivity index (χ3v) is 3.11. The zero-order valence-electron chi connectivity index (χ0n) is 9.69. The van der Waals surface area contributed by atoms with E-state index in [1.165, 1.54) is 0 Å². The molecule has 2 heterocycles. The molecule has 0 radical (unpaired) electrons. The number of nitrogens with one attached hydrogen (secondary N) is 1. The SMILES string of the molecule is Cc1cc(C#N)cc(NCc2cnc(C)s2)n1. The lowest BCUT2D eigenvalue weighted by atomic mass is 10.2. The fourth-order valence-corrected chi connectivity index (χ4v) is 2.22. The van der Waals surface area contributed by atoms with E-state index in [4.69, 9.17) is 5.26 Å². The number of hydrogen-bond donors (Lipinski definition) is 1. The van der Waals surface area contributed by atoms with Crippen molar-refractivity contribution in [3.63, 3.8) is 0 Å². The van der Waals surface area contributed by atoms with Gasteiger partial charge in [0.2, 0.25) is 0 Å². The van der Waals surface area contributed by atoms with Gasteiger partial charge in [-0.1, -0.05) is 0 Å². The minimum atomic E-state index is 0.625. The molecule has 0 bridgehead atoms. The van der Waals surface area contributed by atoms with E-state index in [-0.39, 0.29) is 0 Å². The van der Waals surface area contributed by atoms with Gasteiger partial charge in [-0.2, -0.15) is 5.26 Å². The van der Waals surface area contributed by atoms with Crippen molar-refractivity contribution in [2.75, 3.05) is 5.32 Å². The van der Waals surface area contributed by atoms with Crippen molar-refractivity contribution in [2.24, 2.45) is 0 Å². The Labute approximate surface area is 104 Å². The van der Waals surface area contributed by atoms with Gasteiger partial charge in [0.15, 0.2) is 0 Å². The summed E-state index contributed by atoms with van der Waals surface area (Å²) >= 11 is 1.65. The topological polar surface area (TPSA) is 61.6 Å². The lowest BCUT2D eigenvalue weighted by Gasteiger charge is -2.05. The Morgan fingerprint density at radius 2 is 2.24 bits per heavy atom. The van der Waals surface area contributed by atoms with E-state index in [2.05, 4.69) is 21.4 Å². The molecule has 1 N–H and O–H groups in total. The van der Waals surface area contributed by atoms with Gasteiger partial charge in [-0.15, -0.1) is 11.3 Å². The van der Waals surface area contributed by atoms with Gasteiger partial charge < -0.3 is 5.32 Å². The van der Waals surface area contributed by atoms with Crippen molar-refractivity contribution in [1.82, 2.24) is 9.97 Å². The van der Waals surface area contributed by atoms with Gasteiger partial charge >= 0.3 is 0 Å². The number of pyridine rings is 1. The van der Waals surface area contributed by atoms with Crippen molar-refractivity contribution in [1.29, 1.82) is 5.26 Å². The minimum Gasteiger partial charge on any atom is -0.365 e. The first kappa shape index (κ1) is 11.6. The predicted octanol–water partition coefficient (Wildman–Crippen LogP) is 2.64. The van der Waals surface area contributed by atoms with Crippen LogP contribution in [0.25, 0.3) is 0 Å². The van der Waals surface area contributed by atoms with Crippen LogP contribution in [0, 0.1) is 25.2 Å². The molecule has 0 amide bonds. The minimum absolute atomic E-state index is 0.625. The number of aromatic nitrogens is 2. The summed E-state index contributed by atoms with van der Waals surface area (Å²) in [6.07, 6.45) is 1.86. The maximum atomic E-state index is 8.86. The number of nitriles is 1. The van der Waals surface area contributed by atoms with Gasteiger partial charge in [0.25, 0.3) is 0 Å². The zero-order chi connectivity index (χ0) is 12.3. The van der Waals surface area contributed by atoms with Crippen LogP contribution in [-0.4, -0.2) is 9.97 Å². The van der Waals surface area contributed by atoms with Crippen molar-refractivity contribution >= 4 is 17.2 Å². The maximum Gasteiger partial charge on any atom is 0.127 e. The van der Waals surface area contributed by atoms with E-state index in [9.17, 15) is 0 Å². The first-order chi connectivity index (χ1) is 8.17. The third-order valence-electron chi connectivity index (χ3n) is 2.20. The Bertz CT molecular complexity index is 568. The molecule has 0 aliphatic heterocycles. The van der Waals surface area contributed by atoms with Crippen LogP contribution in [0.1, 0.15) is 21.1 Å². The number of nitrogens with zero attached hydrogens (tertiary/aromatic N) is 3. The normalized spacial score (nSPS) is 9.94. The van der Waals surface area contributed by atoms with Crippen LogP contribution in [0.2, 0.25) is 0 Å². The van der Waals surface area contributed by atoms with E-state index in [0.717, 1.165) is 21.4 Å². The molecule has 0 aliphatic rings. The van der Waals surface area contributed by atoms with E-state index < -0.39 is 0 Å². The molecule has 0 spiro atoms. The molecule has 0 atom stereocenters. The average Bonchev–Trinajstić information content (AvgIpc) is 2.72. The summed E-state index contributed by atoms with van der Waals surface area (Å²) in [7, 11) is 0. The van der Waals surface area contributed by atoms with Crippen molar-refractivity contribution < 1.29 is 0 Å². The monoisotopic (exact) mass is 244 g/mol. The van der Waals surface area contributed by atoms with Crippen molar-refractivity contribution in [3.05, 3.63) is 39.5 Å². The Hall–Kier alpha value is -1.93. The fraction of sp³-hybridized carbons (Fsp3) is 0.250. The summed E-state index contributed by atoms with van der Waals surface area (Å²) in [4.78, 5) is 9.67. The quantitative estimate of drug-likeness (QED) is 0.901. The van der Waals surface area contributed by atoms with Crippen LogP contribution in [0.3, 0.4) is 0 Å². The van der Waals surface area contributed by atoms with E-state index in [1.54, 1.807) is 23.5 Å². The molecule has 0 fully saturated rings. The first-order valence-electron chi connectivity index (χ1n) is 5.21. The second-order valence-electron chi connectivity index (χ2n) is 3.69. The van der Waals surface area contributed by atoms with Gasteiger partial charge in [0.05, 0.1) is 23.2 Å². The average molecular weight is 244 g/mol. The van der Waals surface area contributed by atoms with E-state index in [0.29, 0.717) is 12.1 Å². The van der Waals surface area contributed by atoms with E-state index >= 15 is 0 Å². The second kappa shape index (κ2) is 4.93. The highest BCUT2D eigenvalue weighted by atomic mass is 32.1. The highest BCUT2D eigenvalue weighted by Gasteiger charge is 2.01. The van der Waals surface area contributed by atoms with Gasteiger partial charge in [-0.05, 0) is 26.0 Å². The van der Waals surface area contributed by atoms with Gasteiger partial charge in [0, 0.05) is 16.8 Å². The molecule has 0 saturated heterocycles. The van der Waals surface area contributed by atoms with Crippen LogP contribution in [0.4, 0.5) is 5.82 Å². The Morgan fingerprint density at radius 3 is 2.88 bits per heavy atom. The fourth-order valence-electron chi connectivity index (χ4n) is 1.49. The highest BCUT2D eigenvalue weighted by molar-refractivity contribution is 7.11. The number of aryl methyl sites for hydroxylation is 2. The molecule has 0 aromatic carbocycles. The summed E-state index contributed by atoms with van der Waals surface area (Å²) in [6.45, 7) is 4.54. The van der Waals surface area contributed by atoms with E-state index in [1.807, 2.05) is 20.0 Å². The number of thiazole rings is 1. The molecule has 0 unspecified atom stereocenters.